The summed E-state index contributed by atoms with van der Waals surface area (Å²) in [5.41, 5.74) is 1.20. The Morgan fingerprint density at radius 3 is 2.49 bits per heavy atom. The van der Waals surface area contributed by atoms with Gasteiger partial charge in [-0.25, -0.2) is 17.5 Å². The van der Waals surface area contributed by atoms with Gasteiger partial charge in [-0.15, -0.1) is 0 Å². The van der Waals surface area contributed by atoms with Crippen LogP contribution < -0.4 is 15.4 Å². The van der Waals surface area contributed by atoms with Crippen LogP contribution in [0.1, 0.15) is 24.2 Å². The average Bonchev–Trinajstić information content (AvgIpc) is 2.81. The zero-order valence-corrected chi connectivity index (χ0v) is 21.1. The summed E-state index contributed by atoms with van der Waals surface area (Å²) in [6.45, 7) is 3.72. The number of nitrogens with zero attached hydrogens (tertiary/aromatic N) is 2. The number of rotatable bonds is 7. The van der Waals surface area contributed by atoms with Crippen LogP contribution in [-0.2, 0) is 10.0 Å². The Morgan fingerprint density at radius 1 is 1.20 bits per heavy atom. The number of anilines is 2. The van der Waals surface area contributed by atoms with Crippen LogP contribution >= 0.6 is 0 Å². The fourth-order valence-electron chi connectivity index (χ4n) is 3.72. The first-order valence-corrected chi connectivity index (χ1v) is 13.1. The highest BCUT2D eigenvalue weighted by Crippen LogP contribution is 2.31. The first kappa shape index (κ1) is 26.5. The average molecular weight is 505 g/mol. The van der Waals surface area contributed by atoms with Crippen molar-refractivity contribution in [1.29, 1.82) is 0 Å². The predicted molar refractivity (Wildman–Crippen MR) is 134 cm³/mol. The highest BCUT2D eigenvalue weighted by molar-refractivity contribution is 7.88. The van der Waals surface area contributed by atoms with Crippen LogP contribution in [0.4, 0.5) is 16.2 Å². The molecule has 190 valence electrons. The van der Waals surface area contributed by atoms with Crippen molar-refractivity contribution in [3.8, 4) is 5.75 Å². The first-order chi connectivity index (χ1) is 16.5. The van der Waals surface area contributed by atoms with E-state index in [1.165, 1.54) is 17.4 Å². The number of carbonyl (C=O) groups is 2. The van der Waals surface area contributed by atoms with Gasteiger partial charge in [-0.3, -0.25) is 4.79 Å². The number of likely N-dealkylation sites (N-methyl/N-ethyl adjacent to an activating group) is 1. The van der Waals surface area contributed by atoms with Gasteiger partial charge < -0.3 is 25.4 Å². The minimum atomic E-state index is -3.44. The number of para-hydroxylation sites is 1. The maximum absolute atomic E-state index is 13.5. The maximum atomic E-state index is 13.5. The van der Waals surface area contributed by atoms with E-state index in [-0.39, 0.29) is 42.8 Å². The van der Waals surface area contributed by atoms with Gasteiger partial charge in [-0.2, -0.15) is 0 Å². The van der Waals surface area contributed by atoms with E-state index in [0.29, 0.717) is 11.4 Å². The van der Waals surface area contributed by atoms with Crippen LogP contribution in [0, 0.1) is 5.92 Å². The quantitative estimate of drug-likeness (QED) is 0.531. The first-order valence-electron chi connectivity index (χ1n) is 11.3. The molecule has 10 nitrogen and oxygen atoms in total. The Balaban J connectivity index is 1.91. The van der Waals surface area contributed by atoms with Crippen molar-refractivity contribution in [2.24, 2.45) is 5.92 Å². The van der Waals surface area contributed by atoms with Gasteiger partial charge in [0.1, 0.15) is 11.9 Å². The summed E-state index contributed by atoms with van der Waals surface area (Å²) in [5, 5.41) is 15.2. The van der Waals surface area contributed by atoms with E-state index in [2.05, 4.69) is 10.6 Å². The molecule has 0 unspecified atom stereocenters. The summed E-state index contributed by atoms with van der Waals surface area (Å²) in [6, 6.07) is 12.7. The van der Waals surface area contributed by atoms with Crippen LogP contribution in [0.3, 0.4) is 0 Å². The molecule has 0 saturated heterocycles. The number of urea groups is 1. The third-order valence-electron chi connectivity index (χ3n) is 5.96. The molecule has 1 heterocycles. The molecule has 0 saturated carbocycles. The van der Waals surface area contributed by atoms with Gasteiger partial charge in [0.2, 0.25) is 10.0 Å². The van der Waals surface area contributed by atoms with Crippen LogP contribution in [-0.4, -0.2) is 79.8 Å². The van der Waals surface area contributed by atoms with Crippen molar-refractivity contribution in [2.75, 3.05) is 43.6 Å². The molecule has 0 spiro atoms. The summed E-state index contributed by atoms with van der Waals surface area (Å²) < 4.78 is 31.3. The lowest BCUT2D eigenvalue weighted by Gasteiger charge is -2.38. The number of hydrogen-bond acceptors (Lipinski definition) is 6. The number of benzene rings is 2. The largest absolute Gasteiger partial charge is 0.488 e. The highest BCUT2D eigenvalue weighted by atomic mass is 32.2. The number of fused-ring (bicyclic) bond motifs is 1. The molecule has 2 aromatic carbocycles. The molecular formula is C24H32N4O6S. The van der Waals surface area contributed by atoms with E-state index in [1.807, 2.05) is 13.0 Å². The molecule has 0 radical (unpaired) electrons. The van der Waals surface area contributed by atoms with Crippen molar-refractivity contribution in [3.63, 3.8) is 0 Å². The molecule has 3 N–H and O–H groups in total. The third kappa shape index (κ3) is 6.71. The Bertz CT molecular complexity index is 1160. The van der Waals surface area contributed by atoms with Gasteiger partial charge in [-0.05, 0) is 37.3 Å². The number of sulfonamides is 1. The van der Waals surface area contributed by atoms with Gasteiger partial charge in [0.25, 0.3) is 5.91 Å². The molecule has 0 fully saturated rings. The number of aliphatic hydroxyl groups is 1. The van der Waals surface area contributed by atoms with Gasteiger partial charge >= 0.3 is 6.03 Å². The van der Waals surface area contributed by atoms with E-state index >= 15 is 0 Å². The van der Waals surface area contributed by atoms with E-state index in [9.17, 15) is 23.1 Å². The van der Waals surface area contributed by atoms with Gasteiger partial charge in [0.15, 0.2) is 0 Å². The molecule has 0 bridgehead atoms. The lowest BCUT2D eigenvalue weighted by molar-refractivity contribution is 0.0387. The minimum absolute atomic E-state index is 0.0917. The van der Waals surface area contributed by atoms with Crippen LogP contribution in [0.25, 0.3) is 0 Å². The number of carbonyl (C=O) groups excluding carboxylic acids is 2. The zero-order valence-electron chi connectivity index (χ0n) is 20.3. The van der Waals surface area contributed by atoms with Gasteiger partial charge in [0, 0.05) is 30.9 Å². The maximum Gasteiger partial charge on any atom is 0.323 e. The molecule has 3 rings (SSSR count). The summed E-state index contributed by atoms with van der Waals surface area (Å²) in [4.78, 5) is 27.4. The molecule has 1 aliphatic heterocycles. The lowest BCUT2D eigenvalue weighted by Crippen LogP contribution is -2.50. The molecule has 3 atom stereocenters. The Hall–Kier alpha value is -3.15. The fraction of sp³-hybridized carbons (Fsp3) is 0.417. The zero-order chi connectivity index (χ0) is 25.8. The summed E-state index contributed by atoms with van der Waals surface area (Å²) in [7, 11) is -1.96. The predicted octanol–water partition coefficient (Wildman–Crippen LogP) is 2.44. The minimum Gasteiger partial charge on any atom is -0.488 e. The molecule has 1 aliphatic rings. The monoisotopic (exact) mass is 504 g/mol. The summed E-state index contributed by atoms with van der Waals surface area (Å²) >= 11 is 0. The molecule has 0 aromatic heterocycles. The smallest absolute Gasteiger partial charge is 0.323 e. The summed E-state index contributed by atoms with van der Waals surface area (Å²) in [5.74, 6) is -0.298. The third-order valence-corrected chi connectivity index (χ3v) is 7.24. The van der Waals surface area contributed by atoms with Crippen molar-refractivity contribution >= 4 is 33.3 Å². The standard InChI is InChI=1S/C24H32N4O6S/c1-16-13-28(17(2)15-29)23(30)20-12-19(26-24(31)25-18-8-6-5-7-9-18)10-11-21(20)34-22(16)14-27(3)35(4,32)33/h5-12,16-17,22,29H,13-15H2,1-4H3,(H2,25,26,31)/t16-,17-,22+/m1/s1. The number of ether oxygens (including phenoxy) is 1. The second-order valence-electron chi connectivity index (χ2n) is 8.82. The Labute approximate surface area is 205 Å². The van der Waals surface area contributed by atoms with E-state index in [4.69, 9.17) is 4.74 Å². The fourth-order valence-corrected chi connectivity index (χ4v) is 4.14. The number of hydrogen-bond donors (Lipinski definition) is 3. The Kier molecular flexibility index (Phi) is 8.36. The SMILES string of the molecule is C[C@@H]1CN([C@H](C)CO)C(=O)c2cc(NC(=O)Nc3ccccc3)ccc2O[C@H]1CN(C)S(C)(=O)=O. The topological polar surface area (TPSA) is 128 Å². The van der Waals surface area contributed by atoms with E-state index < -0.39 is 28.2 Å². The van der Waals surface area contributed by atoms with Crippen molar-refractivity contribution in [3.05, 3.63) is 54.1 Å². The van der Waals surface area contributed by atoms with Crippen molar-refractivity contribution in [1.82, 2.24) is 9.21 Å². The molecule has 11 heteroatoms. The molecule has 35 heavy (non-hydrogen) atoms. The van der Waals surface area contributed by atoms with Crippen molar-refractivity contribution < 1.29 is 27.9 Å². The summed E-state index contributed by atoms with van der Waals surface area (Å²) in [6.07, 6.45) is 0.576. The molecule has 0 aliphatic carbocycles. The highest BCUT2D eigenvalue weighted by Gasteiger charge is 2.34. The van der Waals surface area contributed by atoms with E-state index in [0.717, 1.165) is 6.26 Å². The van der Waals surface area contributed by atoms with Crippen LogP contribution in [0.15, 0.2) is 48.5 Å². The van der Waals surface area contributed by atoms with Crippen LogP contribution in [0.2, 0.25) is 0 Å². The molecular weight excluding hydrogens is 472 g/mol. The number of aliphatic hydroxyl groups excluding tert-OH is 1. The van der Waals surface area contributed by atoms with Gasteiger partial charge in [-0.1, -0.05) is 25.1 Å². The van der Waals surface area contributed by atoms with E-state index in [1.54, 1.807) is 48.2 Å². The second kappa shape index (κ2) is 11.1. The number of nitrogens with one attached hydrogen (secondary N) is 2. The molecule has 2 aromatic rings. The normalized spacial score (nSPS) is 19.3. The number of amides is 3. The lowest BCUT2D eigenvalue weighted by atomic mass is 9.99. The van der Waals surface area contributed by atoms with Crippen molar-refractivity contribution in [2.45, 2.75) is 26.0 Å². The second-order valence-corrected chi connectivity index (χ2v) is 10.9. The Morgan fingerprint density at radius 2 is 1.86 bits per heavy atom. The van der Waals surface area contributed by atoms with Crippen LogP contribution in [0.5, 0.6) is 5.75 Å². The molecule has 3 amide bonds. The van der Waals surface area contributed by atoms with Gasteiger partial charge in [0.05, 0.1) is 31.0 Å².